The molecule has 1 aromatic rings. The van der Waals surface area contributed by atoms with Gasteiger partial charge in [-0.25, -0.2) is 4.39 Å². The molecule has 0 fully saturated rings. The van der Waals surface area contributed by atoms with Crippen LogP contribution >= 0.6 is 15.9 Å². The number of aryl methyl sites for hydroxylation is 2. The molecule has 0 unspecified atom stereocenters. The maximum absolute atomic E-state index is 13.2. The van der Waals surface area contributed by atoms with Gasteiger partial charge in [0.1, 0.15) is 5.82 Å². The predicted octanol–water partition coefficient (Wildman–Crippen LogP) is 3.02. The number of halogens is 2. The first-order valence-corrected chi connectivity index (χ1v) is 4.27. The van der Waals surface area contributed by atoms with Gasteiger partial charge in [-0.15, -0.1) is 0 Å². The first kappa shape index (κ1) is 9.39. The molecule has 0 aliphatic heterocycles. The summed E-state index contributed by atoms with van der Waals surface area (Å²) in [5.74, 6) is -0.442. The maximum atomic E-state index is 13.2. The van der Waals surface area contributed by atoms with Gasteiger partial charge in [0.15, 0.2) is 6.29 Å². The van der Waals surface area contributed by atoms with E-state index in [1.807, 2.05) is 6.92 Å². The quantitative estimate of drug-likeness (QED) is 0.679. The summed E-state index contributed by atoms with van der Waals surface area (Å²) in [7, 11) is 0. The van der Waals surface area contributed by atoms with Gasteiger partial charge >= 0.3 is 0 Å². The zero-order valence-electron chi connectivity index (χ0n) is 6.82. The monoisotopic (exact) mass is 230 g/mol. The standard InChI is InChI=1S/C9H8BrFO/c1-5-3-6(2)9(11)7(4-12)8(5)10/h3-4H,1-2H3. The molecule has 0 aromatic heterocycles. The van der Waals surface area contributed by atoms with E-state index >= 15 is 0 Å². The van der Waals surface area contributed by atoms with Crippen LogP contribution in [-0.4, -0.2) is 6.29 Å². The molecule has 0 amide bonds. The molecule has 0 saturated heterocycles. The number of carbonyl (C=O) groups excluding carboxylic acids is 1. The molecule has 0 atom stereocenters. The highest BCUT2D eigenvalue weighted by Gasteiger charge is 2.10. The van der Waals surface area contributed by atoms with E-state index in [0.29, 0.717) is 16.3 Å². The summed E-state index contributed by atoms with van der Waals surface area (Å²) in [6.07, 6.45) is 0.527. The summed E-state index contributed by atoms with van der Waals surface area (Å²) in [5, 5.41) is 0. The molecule has 12 heavy (non-hydrogen) atoms. The Morgan fingerprint density at radius 3 is 2.50 bits per heavy atom. The normalized spacial score (nSPS) is 10.0. The van der Waals surface area contributed by atoms with Gasteiger partial charge in [0.05, 0.1) is 5.56 Å². The first-order chi connectivity index (χ1) is 5.57. The fourth-order valence-corrected chi connectivity index (χ4v) is 1.46. The van der Waals surface area contributed by atoms with Gasteiger partial charge < -0.3 is 0 Å². The molecule has 64 valence electrons. The van der Waals surface area contributed by atoms with Gasteiger partial charge in [-0.2, -0.15) is 0 Å². The van der Waals surface area contributed by atoms with E-state index in [0.717, 1.165) is 5.56 Å². The summed E-state index contributed by atoms with van der Waals surface area (Å²) in [4.78, 5) is 10.5. The molecule has 3 heteroatoms. The van der Waals surface area contributed by atoms with Crippen molar-refractivity contribution >= 4 is 22.2 Å². The minimum Gasteiger partial charge on any atom is -0.298 e. The van der Waals surface area contributed by atoms with Gasteiger partial charge in [0, 0.05) is 4.47 Å². The minimum atomic E-state index is -0.442. The average molecular weight is 231 g/mol. The number of benzene rings is 1. The Morgan fingerprint density at radius 1 is 1.42 bits per heavy atom. The Labute approximate surface area is 78.7 Å². The Bertz CT molecular complexity index is 308. The smallest absolute Gasteiger partial charge is 0.154 e. The Hall–Kier alpha value is -0.700. The van der Waals surface area contributed by atoms with Crippen LogP contribution in [0.2, 0.25) is 0 Å². The van der Waals surface area contributed by atoms with Crippen molar-refractivity contribution in [1.82, 2.24) is 0 Å². The van der Waals surface area contributed by atoms with Crippen LogP contribution in [0.5, 0.6) is 0 Å². The lowest BCUT2D eigenvalue weighted by Crippen LogP contribution is -1.95. The summed E-state index contributed by atoms with van der Waals surface area (Å²) in [6.45, 7) is 3.46. The van der Waals surface area contributed by atoms with Gasteiger partial charge in [0.25, 0.3) is 0 Å². The molecule has 0 saturated carbocycles. The zero-order valence-corrected chi connectivity index (χ0v) is 8.40. The van der Waals surface area contributed by atoms with Crippen LogP contribution in [-0.2, 0) is 0 Å². The van der Waals surface area contributed by atoms with Crippen LogP contribution in [0.3, 0.4) is 0 Å². The van der Waals surface area contributed by atoms with Crippen LogP contribution in [0, 0.1) is 19.7 Å². The van der Waals surface area contributed by atoms with Crippen LogP contribution in [0.4, 0.5) is 4.39 Å². The zero-order chi connectivity index (χ0) is 9.30. The Kier molecular flexibility index (Phi) is 2.62. The third-order valence-electron chi connectivity index (χ3n) is 1.72. The van der Waals surface area contributed by atoms with E-state index in [1.165, 1.54) is 0 Å². The number of aldehydes is 1. The van der Waals surface area contributed by atoms with E-state index in [4.69, 9.17) is 0 Å². The van der Waals surface area contributed by atoms with E-state index in [-0.39, 0.29) is 5.56 Å². The number of rotatable bonds is 1. The SMILES string of the molecule is Cc1cc(C)c(Br)c(C=O)c1F. The lowest BCUT2D eigenvalue weighted by Gasteiger charge is -2.05. The molecule has 0 N–H and O–H groups in total. The molecular formula is C9H8BrFO. The molecule has 0 aliphatic rings. The van der Waals surface area contributed by atoms with Crippen molar-refractivity contribution in [2.45, 2.75) is 13.8 Å². The van der Waals surface area contributed by atoms with Crippen LogP contribution in [0.25, 0.3) is 0 Å². The molecule has 0 radical (unpaired) electrons. The second kappa shape index (κ2) is 3.35. The Morgan fingerprint density at radius 2 is 2.00 bits per heavy atom. The van der Waals surface area contributed by atoms with Crippen LogP contribution in [0.1, 0.15) is 21.5 Å². The highest BCUT2D eigenvalue weighted by Crippen LogP contribution is 2.24. The van der Waals surface area contributed by atoms with Gasteiger partial charge in [-0.05, 0) is 40.9 Å². The van der Waals surface area contributed by atoms with Gasteiger partial charge in [0.2, 0.25) is 0 Å². The highest BCUT2D eigenvalue weighted by molar-refractivity contribution is 9.10. The highest BCUT2D eigenvalue weighted by atomic mass is 79.9. The minimum absolute atomic E-state index is 0.104. The summed E-state index contributed by atoms with van der Waals surface area (Å²) in [5.41, 5.74) is 1.47. The summed E-state index contributed by atoms with van der Waals surface area (Å²) in [6, 6.07) is 1.70. The average Bonchev–Trinajstić information content (AvgIpc) is 2.02. The van der Waals surface area contributed by atoms with E-state index in [2.05, 4.69) is 15.9 Å². The molecular weight excluding hydrogens is 223 g/mol. The second-order valence-corrected chi connectivity index (χ2v) is 3.46. The third kappa shape index (κ3) is 1.41. The Balaban J connectivity index is 3.52. The molecule has 1 rings (SSSR count). The van der Waals surface area contributed by atoms with Crippen molar-refractivity contribution in [3.8, 4) is 0 Å². The van der Waals surface area contributed by atoms with Crippen LogP contribution < -0.4 is 0 Å². The lowest BCUT2D eigenvalue weighted by atomic mass is 10.1. The predicted molar refractivity (Wildman–Crippen MR) is 49.0 cm³/mol. The van der Waals surface area contributed by atoms with E-state index < -0.39 is 5.82 Å². The molecule has 0 heterocycles. The fourth-order valence-electron chi connectivity index (χ4n) is 1.08. The molecule has 1 aromatic carbocycles. The van der Waals surface area contributed by atoms with Crippen molar-refractivity contribution in [2.24, 2.45) is 0 Å². The van der Waals surface area contributed by atoms with E-state index in [1.54, 1.807) is 13.0 Å². The lowest BCUT2D eigenvalue weighted by molar-refractivity contribution is 0.111. The van der Waals surface area contributed by atoms with Crippen molar-refractivity contribution in [2.75, 3.05) is 0 Å². The van der Waals surface area contributed by atoms with Crippen molar-refractivity contribution in [3.05, 3.63) is 33.0 Å². The number of carbonyl (C=O) groups is 1. The summed E-state index contributed by atoms with van der Waals surface area (Å²) >= 11 is 3.15. The molecule has 0 aliphatic carbocycles. The topological polar surface area (TPSA) is 17.1 Å². The number of hydrogen-bond acceptors (Lipinski definition) is 1. The number of hydrogen-bond donors (Lipinski definition) is 0. The first-order valence-electron chi connectivity index (χ1n) is 3.48. The second-order valence-electron chi connectivity index (χ2n) is 2.67. The van der Waals surface area contributed by atoms with E-state index in [9.17, 15) is 9.18 Å². The van der Waals surface area contributed by atoms with Crippen molar-refractivity contribution in [3.63, 3.8) is 0 Å². The van der Waals surface area contributed by atoms with Crippen molar-refractivity contribution in [1.29, 1.82) is 0 Å². The largest absolute Gasteiger partial charge is 0.298 e. The molecule has 1 nitrogen and oxygen atoms in total. The van der Waals surface area contributed by atoms with Gasteiger partial charge in [-0.1, -0.05) is 6.07 Å². The van der Waals surface area contributed by atoms with Gasteiger partial charge in [-0.3, -0.25) is 4.79 Å². The summed E-state index contributed by atoms with van der Waals surface area (Å²) < 4.78 is 13.7. The third-order valence-corrected chi connectivity index (χ3v) is 2.77. The molecule has 0 spiro atoms. The van der Waals surface area contributed by atoms with Crippen molar-refractivity contribution < 1.29 is 9.18 Å². The fraction of sp³-hybridized carbons (Fsp3) is 0.222. The maximum Gasteiger partial charge on any atom is 0.154 e. The van der Waals surface area contributed by atoms with Crippen LogP contribution in [0.15, 0.2) is 10.5 Å². The molecule has 0 bridgehead atoms.